The predicted molar refractivity (Wildman–Crippen MR) is 53.8 cm³/mol. The van der Waals surface area contributed by atoms with E-state index >= 15 is 0 Å². The van der Waals surface area contributed by atoms with Gasteiger partial charge in [-0.05, 0) is 44.6 Å². The highest BCUT2D eigenvalue weighted by molar-refractivity contribution is 4.86. The van der Waals surface area contributed by atoms with Crippen LogP contribution in [0.2, 0.25) is 0 Å². The Hall–Kier alpha value is -0.0800. The van der Waals surface area contributed by atoms with Crippen molar-refractivity contribution in [1.82, 2.24) is 5.32 Å². The molecule has 0 aromatic carbocycles. The maximum Gasteiger partial charge on any atom is 0.0605 e. The molecule has 2 nitrogen and oxygen atoms in total. The maximum atomic E-state index is 5.77. The van der Waals surface area contributed by atoms with Crippen molar-refractivity contribution in [2.75, 3.05) is 13.2 Å². The molecule has 0 aromatic heterocycles. The highest BCUT2D eigenvalue weighted by Gasteiger charge is 2.31. The summed E-state index contributed by atoms with van der Waals surface area (Å²) in [6.07, 6.45) is 7.12. The number of ether oxygens (including phenoxy) is 1. The summed E-state index contributed by atoms with van der Waals surface area (Å²) in [7, 11) is 0. The molecule has 0 radical (unpaired) electrons. The van der Waals surface area contributed by atoms with Gasteiger partial charge in [0, 0.05) is 12.6 Å². The highest BCUT2D eigenvalue weighted by atomic mass is 16.5. The summed E-state index contributed by atoms with van der Waals surface area (Å²) < 4.78 is 5.77. The summed E-state index contributed by atoms with van der Waals surface area (Å²) in [5, 5.41) is 3.52. The van der Waals surface area contributed by atoms with Gasteiger partial charge in [0.25, 0.3) is 0 Å². The van der Waals surface area contributed by atoms with Crippen LogP contribution >= 0.6 is 0 Å². The Balaban J connectivity index is 1.46. The van der Waals surface area contributed by atoms with Crippen LogP contribution in [0, 0.1) is 5.92 Å². The Morgan fingerprint density at radius 3 is 2.69 bits per heavy atom. The van der Waals surface area contributed by atoms with Crippen LogP contribution in [0.15, 0.2) is 0 Å². The Labute approximate surface area is 81.0 Å². The quantitative estimate of drug-likeness (QED) is 0.679. The molecule has 0 bridgehead atoms. The van der Waals surface area contributed by atoms with Gasteiger partial charge in [-0.2, -0.15) is 0 Å². The molecule has 0 spiro atoms. The van der Waals surface area contributed by atoms with E-state index in [9.17, 15) is 0 Å². The molecule has 2 aliphatic carbocycles. The van der Waals surface area contributed by atoms with E-state index in [1.54, 1.807) is 0 Å². The summed E-state index contributed by atoms with van der Waals surface area (Å²) in [5.74, 6) is 0.919. The Bertz CT molecular complexity index is 150. The molecule has 0 unspecified atom stereocenters. The standard InChI is InChI=1S/C11H21NO/c1-2-5-12-10-6-11(7-10)13-8-9-3-4-9/h9-12H,2-8H2,1H3. The first-order valence-electron chi connectivity index (χ1n) is 5.73. The van der Waals surface area contributed by atoms with Crippen LogP contribution in [0.4, 0.5) is 0 Å². The smallest absolute Gasteiger partial charge is 0.0605 e. The van der Waals surface area contributed by atoms with Gasteiger partial charge in [0.1, 0.15) is 0 Å². The molecule has 0 aliphatic heterocycles. The molecular formula is C11H21NO. The van der Waals surface area contributed by atoms with Crippen molar-refractivity contribution in [2.24, 2.45) is 5.92 Å². The summed E-state index contributed by atoms with van der Waals surface area (Å²) in [6.45, 7) is 4.41. The fourth-order valence-electron chi connectivity index (χ4n) is 1.77. The van der Waals surface area contributed by atoms with E-state index in [1.165, 1.54) is 38.6 Å². The summed E-state index contributed by atoms with van der Waals surface area (Å²) in [5.41, 5.74) is 0. The summed E-state index contributed by atoms with van der Waals surface area (Å²) in [6, 6.07) is 0.754. The van der Waals surface area contributed by atoms with E-state index in [-0.39, 0.29) is 0 Å². The van der Waals surface area contributed by atoms with Crippen molar-refractivity contribution in [3.63, 3.8) is 0 Å². The Kier molecular flexibility index (Phi) is 3.23. The number of nitrogens with one attached hydrogen (secondary N) is 1. The monoisotopic (exact) mass is 183 g/mol. The lowest BCUT2D eigenvalue weighted by Crippen LogP contribution is -2.45. The molecule has 0 atom stereocenters. The summed E-state index contributed by atoms with van der Waals surface area (Å²) >= 11 is 0. The van der Waals surface area contributed by atoms with Crippen LogP contribution in [0.1, 0.15) is 39.0 Å². The van der Waals surface area contributed by atoms with Crippen LogP contribution in [0.25, 0.3) is 0 Å². The van der Waals surface area contributed by atoms with Gasteiger partial charge in [-0.3, -0.25) is 0 Å². The zero-order chi connectivity index (χ0) is 9.10. The van der Waals surface area contributed by atoms with E-state index in [0.29, 0.717) is 6.10 Å². The average Bonchev–Trinajstić information content (AvgIpc) is 2.84. The van der Waals surface area contributed by atoms with Crippen LogP contribution in [0.3, 0.4) is 0 Å². The van der Waals surface area contributed by atoms with Crippen molar-refractivity contribution in [3.8, 4) is 0 Å². The second-order valence-corrected chi connectivity index (χ2v) is 4.52. The minimum absolute atomic E-state index is 0.579. The largest absolute Gasteiger partial charge is 0.378 e. The van der Waals surface area contributed by atoms with Crippen molar-refractivity contribution in [3.05, 3.63) is 0 Å². The van der Waals surface area contributed by atoms with Gasteiger partial charge >= 0.3 is 0 Å². The SMILES string of the molecule is CCCNC1CC(OCC2CC2)C1. The van der Waals surface area contributed by atoms with E-state index in [0.717, 1.165) is 18.6 Å². The third-order valence-corrected chi connectivity index (χ3v) is 3.04. The lowest BCUT2D eigenvalue weighted by molar-refractivity contribution is -0.0211. The first-order valence-corrected chi connectivity index (χ1v) is 5.73. The molecule has 2 heteroatoms. The molecule has 76 valence electrons. The van der Waals surface area contributed by atoms with Gasteiger partial charge in [0.15, 0.2) is 0 Å². The van der Waals surface area contributed by atoms with E-state index < -0.39 is 0 Å². The van der Waals surface area contributed by atoms with Gasteiger partial charge in [0.2, 0.25) is 0 Å². The van der Waals surface area contributed by atoms with Crippen molar-refractivity contribution in [2.45, 2.75) is 51.2 Å². The molecule has 13 heavy (non-hydrogen) atoms. The summed E-state index contributed by atoms with van der Waals surface area (Å²) in [4.78, 5) is 0. The molecule has 2 aliphatic rings. The van der Waals surface area contributed by atoms with E-state index in [1.807, 2.05) is 0 Å². The van der Waals surface area contributed by atoms with Crippen molar-refractivity contribution in [1.29, 1.82) is 0 Å². The average molecular weight is 183 g/mol. The third kappa shape index (κ3) is 2.96. The lowest BCUT2D eigenvalue weighted by atomic mass is 9.89. The van der Waals surface area contributed by atoms with Crippen molar-refractivity contribution >= 4 is 0 Å². The minimum Gasteiger partial charge on any atom is -0.378 e. The van der Waals surface area contributed by atoms with Gasteiger partial charge in [-0.15, -0.1) is 0 Å². The zero-order valence-electron chi connectivity index (χ0n) is 8.59. The molecule has 1 N–H and O–H groups in total. The van der Waals surface area contributed by atoms with Crippen molar-refractivity contribution < 1.29 is 4.74 Å². The Morgan fingerprint density at radius 1 is 1.31 bits per heavy atom. The first kappa shape index (κ1) is 9.47. The molecule has 0 saturated heterocycles. The first-order chi connectivity index (χ1) is 6.38. The second kappa shape index (κ2) is 4.43. The lowest BCUT2D eigenvalue weighted by Gasteiger charge is -2.35. The normalized spacial score (nSPS) is 33.0. The van der Waals surface area contributed by atoms with E-state index in [2.05, 4.69) is 12.2 Å². The van der Waals surface area contributed by atoms with E-state index in [4.69, 9.17) is 4.74 Å². The topological polar surface area (TPSA) is 21.3 Å². The predicted octanol–water partition coefficient (Wildman–Crippen LogP) is 1.94. The third-order valence-electron chi connectivity index (χ3n) is 3.04. The number of rotatable bonds is 6. The minimum atomic E-state index is 0.579. The van der Waals surface area contributed by atoms with Gasteiger partial charge in [-0.1, -0.05) is 6.92 Å². The van der Waals surface area contributed by atoms with Crippen LogP contribution in [-0.2, 0) is 4.74 Å². The van der Waals surface area contributed by atoms with Gasteiger partial charge in [-0.25, -0.2) is 0 Å². The molecule has 0 amide bonds. The number of hydrogen-bond donors (Lipinski definition) is 1. The fourth-order valence-corrected chi connectivity index (χ4v) is 1.77. The molecule has 2 fully saturated rings. The highest BCUT2D eigenvalue weighted by Crippen LogP contribution is 2.31. The molecule has 0 heterocycles. The van der Waals surface area contributed by atoms with Crippen LogP contribution < -0.4 is 5.32 Å². The van der Waals surface area contributed by atoms with Crippen LogP contribution in [-0.4, -0.2) is 25.3 Å². The molecule has 2 saturated carbocycles. The molecule has 2 rings (SSSR count). The van der Waals surface area contributed by atoms with Crippen LogP contribution in [0.5, 0.6) is 0 Å². The molecular weight excluding hydrogens is 162 g/mol. The fraction of sp³-hybridized carbons (Fsp3) is 1.00. The maximum absolute atomic E-state index is 5.77. The van der Waals surface area contributed by atoms with Gasteiger partial charge < -0.3 is 10.1 Å². The number of hydrogen-bond acceptors (Lipinski definition) is 2. The van der Waals surface area contributed by atoms with Gasteiger partial charge in [0.05, 0.1) is 6.10 Å². The Morgan fingerprint density at radius 2 is 2.08 bits per heavy atom. The second-order valence-electron chi connectivity index (χ2n) is 4.52. The zero-order valence-corrected chi connectivity index (χ0v) is 8.59. The molecule has 0 aromatic rings.